The predicted octanol–water partition coefficient (Wildman–Crippen LogP) is 30.8. The van der Waals surface area contributed by atoms with Crippen LogP contribution in [0, 0.1) is 11.3 Å². The maximum absolute atomic E-state index is 14.3. The molecule has 7 heterocycles. The Kier molecular flexibility index (Phi) is 16.9. The van der Waals surface area contributed by atoms with Crippen LogP contribution in [0.1, 0.15) is 5.56 Å². The smallest absolute Gasteiger partial charge is 0.146 e. The fraction of sp³-hybridized carbons (Fsp3) is 0. The monoisotopic (exact) mass is 1610 g/mol. The summed E-state index contributed by atoms with van der Waals surface area (Å²) in [6.07, 6.45) is 3.75. The van der Waals surface area contributed by atoms with Gasteiger partial charge in [-0.25, -0.2) is 9.97 Å². The molecule has 0 atom stereocenters. The molecule has 8 heteroatoms. The SMILES string of the molecule is N#Cc1c(-n2c3ccc(-c4ccccc4)cc3c3cc(-c4ccccc4)ccc32)c(-n2c3ccc(-c4ccccc4)cc3c3cc(-c4ccccc4)ccc32)c(-c2ccc(-n3c4ncccc4c4cccnc43)cc2)c(-n2c3ccc(-c4ccccc4)cc3c3cc(-c4ccccc4)ccc32)c1-n1c2ccc(-c3ccccc3)cc2c2cc(-c3ccccc3)ccc21. The Labute approximate surface area is 731 Å². The lowest BCUT2D eigenvalue weighted by atomic mass is 9.93. The van der Waals surface area contributed by atoms with E-state index in [1.165, 1.54) is 0 Å². The van der Waals surface area contributed by atoms with Gasteiger partial charge < -0.3 is 18.3 Å². The third-order valence-electron chi connectivity index (χ3n) is 26.0. The van der Waals surface area contributed by atoms with Crippen LogP contribution in [-0.4, -0.2) is 32.8 Å². The zero-order valence-electron chi connectivity index (χ0n) is 68.8. The highest BCUT2D eigenvalue weighted by molar-refractivity contribution is 6.20. The molecule has 25 aromatic rings. The van der Waals surface area contributed by atoms with Crippen molar-refractivity contribution in [3.63, 3.8) is 0 Å². The molecule has 0 bridgehead atoms. The summed E-state index contributed by atoms with van der Waals surface area (Å²) < 4.78 is 12.2. The lowest BCUT2D eigenvalue weighted by Gasteiger charge is -2.29. The van der Waals surface area contributed by atoms with Crippen molar-refractivity contribution >= 4 is 109 Å². The number of hydrogen-bond acceptors (Lipinski definition) is 3. The summed E-state index contributed by atoms with van der Waals surface area (Å²) in [5.74, 6) is 0. The van der Waals surface area contributed by atoms with Gasteiger partial charge in [0.15, 0.2) is 0 Å². The average Bonchev–Trinajstić information content (AvgIpc) is 1.53. The van der Waals surface area contributed by atoms with Crippen LogP contribution in [-0.2, 0) is 0 Å². The molecular weight excluding hydrogens is 1540 g/mol. The zero-order chi connectivity index (χ0) is 83.7. The zero-order valence-corrected chi connectivity index (χ0v) is 68.8. The van der Waals surface area contributed by atoms with E-state index in [9.17, 15) is 5.26 Å². The van der Waals surface area contributed by atoms with Gasteiger partial charge in [0.2, 0.25) is 0 Å². The van der Waals surface area contributed by atoms with Gasteiger partial charge in [-0.1, -0.05) is 303 Å². The molecule has 0 aliphatic heterocycles. The van der Waals surface area contributed by atoms with Gasteiger partial charge in [0.1, 0.15) is 22.9 Å². The lowest BCUT2D eigenvalue weighted by Crippen LogP contribution is -2.16. The Bertz CT molecular complexity index is 7900. The van der Waals surface area contributed by atoms with Crippen LogP contribution in [0.25, 0.3) is 238 Å². The molecule has 127 heavy (non-hydrogen) atoms. The lowest BCUT2D eigenvalue weighted by molar-refractivity contribution is 1.04. The Morgan fingerprint density at radius 1 is 0.173 bits per heavy atom. The summed E-state index contributed by atoms with van der Waals surface area (Å²) in [5, 5.41) is 24.6. The Morgan fingerprint density at radius 3 is 0.591 bits per heavy atom. The molecule has 25 rings (SSSR count). The fourth-order valence-corrected chi connectivity index (χ4v) is 20.2. The van der Waals surface area contributed by atoms with E-state index in [4.69, 9.17) is 9.97 Å². The van der Waals surface area contributed by atoms with Crippen molar-refractivity contribution in [3.8, 4) is 135 Å². The van der Waals surface area contributed by atoms with E-state index < -0.39 is 0 Å². The topological polar surface area (TPSA) is 74.2 Å². The van der Waals surface area contributed by atoms with Crippen LogP contribution in [0.5, 0.6) is 0 Å². The van der Waals surface area contributed by atoms with Crippen LogP contribution < -0.4 is 0 Å². The second-order valence-electron chi connectivity index (χ2n) is 33.0. The highest BCUT2D eigenvalue weighted by atomic mass is 15.1. The maximum Gasteiger partial charge on any atom is 0.146 e. The van der Waals surface area contributed by atoms with E-state index in [1.807, 2.05) is 24.5 Å². The van der Waals surface area contributed by atoms with Crippen molar-refractivity contribution < 1.29 is 0 Å². The molecule has 0 aliphatic carbocycles. The third kappa shape index (κ3) is 11.8. The van der Waals surface area contributed by atoms with Gasteiger partial charge in [0.05, 0.1) is 66.9 Å². The summed E-state index contributed by atoms with van der Waals surface area (Å²) >= 11 is 0. The van der Waals surface area contributed by atoms with E-state index >= 15 is 0 Å². The number of aromatic nitrogens is 7. The summed E-state index contributed by atoms with van der Waals surface area (Å²) in [6.45, 7) is 0. The largest absolute Gasteiger partial charge is 0.306 e. The normalized spacial score (nSPS) is 11.8. The second kappa shape index (κ2) is 29.5. The van der Waals surface area contributed by atoms with E-state index in [0.29, 0.717) is 16.9 Å². The molecule has 0 saturated carbocycles. The number of fused-ring (bicyclic) bond motifs is 15. The molecule has 0 aliphatic rings. The Balaban J connectivity index is 0.942. The number of rotatable bonds is 14. The summed E-state index contributed by atoms with van der Waals surface area (Å²) in [4.78, 5) is 10.3. The quantitative estimate of drug-likeness (QED) is 0.109. The molecular formula is C119H74N8. The first kappa shape index (κ1) is 72.6. The molecule has 0 unspecified atom stereocenters. The predicted molar refractivity (Wildman–Crippen MR) is 527 cm³/mol. The number of pyridine rings is 2. The second-order valence-corrected chi connectivity index (χ2v) is 33.0. The first-order valence-electron chi connectivity index (χ1n) is 43.2. The highest BCUT2D eigenvalue weighted by Gasteiger charge is 2.37. The number of benzene rings is 18. The van der Waals surface area contributed by atoms with Crippen molar-refractivity contribution in [1.29, 1.82) is 5.26 Å². The van der Waals surface area contributed by atoms with Crippen LogP contribution in [0.3, 0.4) is 0 Å². The van der Waals surface area contributed by atoms with Crippen LogP contribution in [0.2, 0.25) is 0 Å². The molecule has 0 saturated heterocycles. The highest BCUT2D eigenvalue weighted by Crippen LogP contribution is 2.55. The van der Waals surface area contributed by atoms with Crippen molar-refractivity contribution in [2.75, 3.05) is 0 Å². The summed E-state index contributed by atoms with van der Waals surface area (Å²) in [5.41, 5.74) is 32.5. The third-order valence-corrected chi connectivity index (χ3v) is 26.0. The minimum Gasteiger partial charge on any atom is -0.306 e. The van der Waals surface area contributed by atoms with Gasteiger partial charge in [-0.3, -0.25) is 4.57 Å². The Hall–Kier alpha value is -17.3. The van der Waals surface area contributed by atoms with Gasteiger partial charge in [0, 0.05) is 77.5 Å². The summed E-state index contributed by atoms with van der Waals surface area (Å²) in [6, 6.07) is 163. The van der Waals surface area contributed by atoms with Crippen LogP contribution in [0.4, 0.5) is 0 Å². The van der Waals surface area contributed by atoms with E-state index in [2.05, 4.69) is 454 Å². The molecule has 0 spiro atoms. The number of nitriles is 1. The van der Waals surface area contributed by atoms with Crippen molar-refractivity contribution in [2.24, 2.45) is 0 Å². The van der Waals surface area contributed by atoms with E-state index in [0.717, 1.165) is 226 Å². The molecule has 0 fully saturated rings. The van der Waals surface area contributed by atoms with Gasteiger partial charge in [-0.2, -0.15) is 5.26 Å². The van der Waals surface area contributed by atoms with E-state index in [-0.39, 0.29) is 0 Å². The molecule has 7 aromatic heterocycles. The van der Waals surface area contributed by atoms with E-state index in [1.54, 1.807) is 0 Å². The molecule has 8 nitrogen and oxygen atoms in total. The minimum atomic E-state index is 0.442. The molecule has 18 aromatic carbocycles. The number of nitrogens with zero attached hydrogens (tertiary/aromatic N) is 8. The average molecular weight is 1620 g/mol. The van der Waals surface area contributed by atoms with Gasteiger partial charge in [-0.05, 0) is 228 Å². The van der Waals surface area contributed by atoms with Gasteiger partial charge in [0.25, 0.3) is 0 Å². The molecule has 590 valence electrons. The molecule has 0 amide bonds. The van der Waals surface area contributed by atoms with Crippen molar-refractivity contribution in [2.45, 2.75) is 0 Å². The molecule has 0 radical (unpaired) electrons. The minimum absolute atomic E-state index is 0.442. The van der Waals surface area contributed by atoms with Crippen molar-refractivity contribution in [3.05, 3.63) is 455 Å². The fourth-order valence-electron chi connectivity index (χ4n) is 20.2. The maximum atomic E-state index is 14.3. The first-order valence-corrected chi connectivity index (χ1v) is 43.2. The van der Waals surface area contributed by atoms with Crippen molar-refractivity contribution in [1.82, 2.24) is 32.8 Å². The van der Waals surface area contributed by atoms with Crippen LogP contribution in [0.15, 0.2) is 449 Å². The van der Waals surface area contributed by atoms with Crippen LogP contribution >= 0.6 is 0 Å². The van der Waals surface area contributed by atoms with Gasteiger partial charge in [-0.15, -0.1) is 0 Å². The van der Waals surface area contributed by atoms with Gasteiger partial charge >= 0.3 is 0 Å². The Morgan fingerprint density at radius 2 is 0.378 bits per heavy atom. The first-order chi connectivity index (χ1) is 63.0. The standard InChI is InChI=1S/C119H74N8/c120-75-104-114(124-105-57-47-85(76-27-9-1-10-28-76)67-96(105)97-68-86(48-58-106(97)124)77-29-11-2-12-30-77)116(126-109-61-51-89(80-35-17-5-18-36-80)71-100(109)101-72-90(52-62-110(101)126)81-37-19-6-20-38-81)113(84-45-55-93(56-46-84)123-118-94(43-25-65-121-118)95-44-26-66-122-119(95)123)117(127-111-63-53-91(82-39-21-7-22-40-82)73-102(111)103-74-92(54-64-112(103)127)83-41-23-8-24-42-83)115(104)125-107-59-49-87(78-31-13-3-14-32-78)69-98(107)99-70-88(50-60-108(99)125)79-33-15-4-16-34-79/h1-74H. The summed E-state index contributed by atoms with van der Waals surface area (Å²) in [7, 11) is 0. The molecule has 0 N–H and O–H groups in total. The number of hydrogen-bond donors (Lipinski definition) is 0.